The van der Waals surface area contributed by atoms with Crippen LogP contribution in [0.4, 0.5) is 4.39 Å². The van der Waals surface area contributed by atoms with Crippen molar-refractivity contribution in [2.24, 2.45) is 10.9 Å². The maximum absolute atomic E-state index is 13.2. The molecule has 0 bridgehead atoms. The molecule has 30 heavy (non-hydrogen) atoms. The second-order valence-electron chi connectivity index (χ2n) is 7.67. The average molecular weight is 421 g/mol. The first-order valence-corrected chi connectivity index (χ1v) is 10.8. The van der Waals surface area contributed by atoms with Gasteiger partial charge in [-0.1, -0.05) is 12.1 Å². The number of morpholine rings is 1. The number of benzene rings is 1. The number of likely N-dealkylation sites (tertiary alicyclic amines) is 1. The molecule has 2 aliphatic rings. The highest BCUT2D eigenvalue weighted by Crippen LogP contribution is 2.21. The Morgan fingerprint density at radius 2 is 1.87 bits per heavy atom. The summed E-state index contributed by atoms with van der Waals surface area (Å²) in [6.45, 7) is 7.50. The number of hydrogen-bond acceptors (Lipinski definition) is 4. The molecule has 1 aromatic carbocycles. The average Bonchev–Trinajstić information content (AvgIpc) is 2.80. The second-order valence-corrected chi connectivity index (χ2v) is 7.67. The van der Waals surface area contributed by atoms with Crippen LogP contribution >= 0.6 is 0 Å². The maximum atomic E-state index is 13.2. The van der Waals surface area contributed by atoms with Crippen molar-refractivity contribution in [3.63, 3.8) is 0 Å². The van der Waals surface area contributed by atoms with Gasteiger partial charge in [-0.25, -0.2) is 4.39 Å². The number of methoxy groups -OCH3 is 1. The first-order valence-electron chi connectivity index (χ1n) is 10.8. The van der Waals surface area contributed by atoms with E-state index in [9.17, 15) is 9.18 Å². The predicted molar refractivity (Wildman–Crippen MR) is 114 cm³/mol. The van der Waals surface area contributed by atoms with Crippen LogP contribution in [0.5, 0.6) is 0 Å². The van der Waals surface area contributed by atoms with Crippen LogP contribution < -0.4 is 5.32 Å². The highest BCUT2D eigenvalue weighted by atomic mass is 19.1. The largest absolute Gasteiger partial charge is 0.378 e. The molecule has 2 heterocycles. The number of nitrogens with zero attached hydrogens (tertiary/aromatic N) is 3. The molecule has 1 atom stereocenters. The molecule has 2 aliphatic heterocycles. The molecule has 1 amide bonds. The summed E-state index contributed by atoms with van der Waals surface area (Å²) in [5, 5.41) is 3.35. The Hall–Kier alpha value is -2.19. The number of ether oxygens (including phenoxy) is 2. The van der Waals surface area contributed by atoms with Crippen molar-refractivity contribution in [1.29, 1.82) is 0 Å². The Kier molecular flexibility index (Phi) is 8.45. The first-order chi connectivity index (χ1) is 14.6. The van der Waals surface area contributed by atoms with Crippen LogP contribution in [-0.2, 0) is 14.3 Å². The molecule has 2 fully saturated rings. The van der Waals surface area contributed by atoms with Gasteiger partial charge in [-0.2, -0.15) is 0 Å². The molecular weight excluding hydrogens is 387 g/mol. The van der Waals surface area contributed by atoms with E-state index in [-0.39, 0.29) is 23.7 Å². The van der Waals surface area contributed by atoms with E-state index in [0.717, 1.165) is 44.0 Å². The molecule has 166 valence electrons. The standard InChI is InChI=1S/C22H33FN4O3/c1-3-24-22(25-16-20(29-2)17-4-6-19(23)7-5-17)27-10-8-18(9-11-27)21(28)26-12-14-30-15-13-26/h4-7,18,20H,3,8-16H2,1-2H3,(H,24,25). The summed E-state index contributed by atoms with van der Waals surface area (Å²) in [5.41, 5.74) is 0.897. The topological polar surface area (TPSA) is 66.4 Å². The smallest absolute Gasteiger partial charge is 0.225 e. The van der Waals surface area contributed by atoms with Gasteiger partial charge in [-0.15, -0.1) is 0 Å². The number of aliphatic imine (C=N–C) groups is 1. The molecule has 1 unspecified atom stereocenters. The minimum Gasteiger partial charge on any atom is -0.378 e. The lowest BCUT2D eigenvalue weighted by atomic mass is 9.95. The van der Waals surface area contributed by atoms with Gasteiger partial charge in [0.2, 0.25) is 5.91 Å². The maximum Gasteiger partial charge on any atom is 0.225 e. The molecule has 0 saturated carbocycles. The van der Waals surface area contributed by atoms with Gasteiger partial charge in [0, 0.05) is 45.8 Å². The number of piperidine rings is 1. The van der Waals surface area contributed by atoms with E-state index in [4.69, 9.17) is 14.5 Å². The molecule has 0 aromatic heterocycles. The molecular formula is C22H33FN4O3. The van der Waals surface area contributed by atoms with Crippen molar-refractivity contribution in [3.05, 3.63) is 35.6 Å². The molecule has 0 aliphatic carbocycles. The quantitative estimate of drug-likeness (QED) is 0.564. The minimum absolute atomic E-state index is 0.0770. The number of amides is 1. The Morgan fingerprint density at radius 3 is 2.47 bits per heavy atom. The van der Waals surface area contributed by atoms with Crippen molar-refractivity contribution in [2.75, 3.05) is 59.6 Å². The summed E-state index contributed by atoms with van der Waals surface area (Å²) in [7, 11) is 1.64. The fraction of sp³-hybridized carbons (Fsp3) is 0.636. The third kappa shape index (κ3) is 5.92. The number of nitrogens with one attached hydrogen (secondary N) is 1. The summed E-state index contributed by atoms with van der Waals surface area (Å²) in [4.78, 5) is 21.7. The van der Waals surface area contributed by atoms with E-state index in [0.29, 0.717) is 32.8 Å². The minimum atomic E-state index is -0.264. The van der Waals surface area contributed by atoms with Gasteiger partial charge in [0.05, 0.1) is 19.8 Å². The number of carbonyl (C=O) groups excluding carboxylic acids is 1. The highest BCUT2D eigenvalue weighted by Gasteiger charge is 2.30. The van der Waals surface area contributed by atoms with Crippen molar-refractivity contribution in [1.82, 2.24) is 15.1 Å². The fourth-order valence-electron chi connectivity index (χ4n) is 3.97. The second kappa shape index (κ2) is 11.3. The van der Waals surface area contributed by atoms with Gasteiger partial charge < -0.3 is 24.6 Å². The van der Waals surface area contributed by atoms with Gasteiger partial charge in [0.15, 0.2) is 5.96 Å². The van der Waals surface area contributed by atoms with Crippen LogP contribution in [-0.4, -0.2) is 81.3 Å². The zero-order valence-electron chi connectivity index (χ0n) is 18.0. The Labute approximate surface area is 178 Å². The van der Waals surface area contributed by atoms with Crippen LogP contribution in [0, 0.1) is 11.7 Å². The fourth-order valence-corrected chi connectivity index (χ4v) is 3.97. The van der Waals surface area contributed by atoms with E-state index in [1.807, 2.05) is 11.8 Å². The third-order valence-electron chi connectivity index (χ3n) is 5.73. The summed E-state index contributed by atoms with van der Waals surface area (Å²) in [6.07, 6.45) is 1.41. The number of hydrogen-bond donors (Lipinski definition) is 1. The normalized spacial score (nSPS) is 19.6. The molecule has 1 aromatic rings. The van der Waals surface area contributed by atoms with Crippen LogP contribution in [0.1, 0.15) is 31.4 Å². The summed E-state index contributed by atoms with van der Waals surface area (Å²) < 4.78 is 24.1. The van der Waals surface area contributed by atoms with Gasteiger partial charge in [-0.05, 0) is 37.5 Å². The van der Waals surface area contributed by atoms with Crippen molar-refractivity contribution in [2.45, 2.75) is 25.9 Å². The predicted octanol–water partition coefficient (Wildman–Crippen LogP) is 2.05. The van der Waals surface area contributed by atoms with Crippen molar-refractivity contribution < 1.29 is 18.7 Å². The first kappa shape index (κ1) is 22.5. The number of halogens is 1. The molecule has 0 spiro atoms. The van der Waals surface area contributed by atoms with E-state index >= 15 is 0 Å². The Balaban J connectivity index is 1.57. The highest BCUT2D eigenvalue weighted by molar-refractivity contribution is 5.82. The number of carbonyl (C=O) groups is 1. The van der Waals surface area contributed by atoms with Crippen molar-refractivity contribution in [3.8, 4) is 0 Å². The van der Waals surface area contributed by atoms with Gasteiger partial charge in [0.25, 0.3) is 0 Å². The van der Waals surface area contributed by atoms with E-state index in [1.165, 1.54) is 12.1 Å². The van der Waals surface area contributed by atoms with Crippen LogP contribution in [0.15, 0.2) is 29.3 Å². The Bertz CT molecular complexity index is 699. The molecule has 8 heteroatoms. The van der Waals surface area contributed by atoms with Crippen LogP contribution in [0.25, 0.3) is 0 Å². The van der Waals surface area contributed by atoms with E-state index in [2.05, 4.69) is 10.2 Å². The lowest BCUT2D eigenvalue weighted by Crippen LogP contribution is -2.50. The monoisotopic (exact) mass is 420 g/mol. The summed E-state index contributed by atoms with van der Waals surface area (Å²) in [5.74, 6) is 0.905. The number of guanidine groups is 1. The molecule has 2 saturated heterocycles. The lowest BCUT2D eigenvalue weighted by molar-refractivity contribution is -0.140. The van der Waals surface area contributed by atoms with Gasteiger partial charge >= 0.3 is 0 Å². The molecule has 3 rings (SSSR count). The van der Waals surface area contributed by atoms with Gasteiger partial charge in [-0.3, -0.25) is 9.79 Å². The van der Waals surface area contributed by atoms with Gasteiger partial charge in [0.1, 0.15) is 11.9 Å². The van der Waals surface area contributed by atoms with E-state index in [1.54, 1.807) is 19.2 Å². The van der Waals surface area contributed by atoms with E-state index < -0.39 is 0 Å². The summed E-state index contributed by atoms with van der Waals surface area (Å²) in [6, 6.07) is 6.34. The number of rotatable bonds is 6. The van der Waals surface area contributed by atoms with Crippen molar-refractivity contribution >= 4 is 11.9 Å². The summed E-state index contributed by atoms with van der Waals surface area (Å²) >= 11 is 0. The lowest BCUT2D eigenvalue weighted by Gasteiger charge is -2.36. The Morgan fingerprint density at radius 1 is 1.20 bits per heavy atom. The third-order valence-corrected chi connectivity index (χ3v) is 5.73. The zero-order valence-corrected chi connectivity index (χ0v) is 18.0. The molecule has 0 radical (unpaired) electrons. The molecule has 1 N–H and O–H groups in total. The van der Waals surface area contributed by atoms with Crippen LogP contribution in [0.2, 0.25) is 0 Å². The molecule has 7 nitrogen and oxygen atoms in total. The van der Waals surface area contributed by atoms with Crippen LogP contribution in [0.3, 0.4) is 0 Å². The SMILES string of the molecule is CCNC(=NCC(OC)c1ccc(F)cc1)N1CCC(C(=O)N2CCOCC2)CC1. The zero-order chi connectivity index (χ0) is 21.3.